The predicted octanol–water partition coefficient (Wildman–Crippen LogP) is 5.52. The van der Waals surface area contributed by atoms with Crippen molar-refractivity contribution in [3.05, 3.63) is 46.8 Å². The van der Waals surface area contributed by atoms with Crippen LogP contribution in [0.1, 0.15) is 67.8 Å². The molecule has 0 saturated heterocycles. The molecule has 7 heteroatoms. The first-order valence-corrected chi connectivity index (χ1v) is 10.7. The third kappa shape index (κ3) is 4.87. The second kappa shape index (κ2) is 8.82. The first-order chi connectivity index (χ1) is 14.1. The molecule has 0 aliphatic heterocycles. The smallest absolute Gasteiger partial charge is 0.338 e. The SMILES string of the molecule is CC(C)CN(CC(C)C)C(=O)c1ccc(-n2nc(C(F)(F)F)c3c2CCCC3)cc1. The van der Waals surface area contributed by atoms with Crippen LogP contribution in [0.4, 0.5) is 13.2 Å². The number of nitrogens with zero attached hydrogens (tertiary/aromatic N) is 3. The van der Waals surface area contributed by atoms with E-state index in [-0.39, 0.29) is 5.91 Å². The van der Waals surface area contributed by atoms with Crippen LogP contribution in [0.2, 0.25) is 0 Å². The zero-order chi connectivity index (χ0) is 22.1. The van der Waals surface area contributed by atoms with Crippen molar-refractivity contribution in [1.82, 2.24) is 14.7 Å². The number of rotatable bonds is 6. The van der Waals surface area contributed by atoms with E-state index in [1.165, 1.54) is 4.68 Å². The molecule has 4 nitrogen and oxygen atoms in total. The third-order valence-electron chi connectivity index (χ3n) is 5.27. The number of halogens is 3. The second-order valence-corrected chi connectivity index (χ2v) is 8.94. The molecule has 1 heterocycles. The Morgan fingerprint density at radius 1 is 1.03 bits per heavy atom. The molecule has 0 atom stereocenters. The highest BCUT2D eigenvalue weighted by Crippen LogP contribution is 2.36. The minimum Gasteiger partial charge on any atom is -0.338 e. The monoisotopic (exact) mass is 421 g/mol. The van der Waals surface area contributed by atoms with Crippen molar-refractivity contribution in [3.63, 3.8) is 0 Å². The summed E-state index contributed by atoms with van der Waals surface area (Å²) in [6, 6.07) is 6.77. The van der Waals surface area contributed by atoms with Crippen molar-refractivity contribution in [1.29, 1.82) is 0 Å². The molecular weight excluding hydrogens is 391 g/mol. The van der Waals surface area contributed by atoms with E-state index in [9.17, 15) is 18.0 Å². The summed E-state index contributed by atoms with van der Waals surface area (Å²) in [7, 11) is 0. The second-order valence-electron chi connectivity index (χ2n) is 8.94. The fourth-order valence-corrected chi connectivity index (χ4v) is 4.09. The maximum atomic E-state index is 13.4. The first-order valence-electron chi connectivity index (χ1n) is 10.7. The maximum Gasteiger partial charge on any atom is 0.435 e. The van der Waals surface area contributed by atoms with Gasteiger partial charge in [0.05, 0.1) is 5.69 Å². The van der Waals surface area contributed by atoms with Gasteiger partial charge in [0.2, 0.25) is 0 Å². The number of hydrogen-bond acceptors (Lipinski definition) is 2. The van der Waals surface area contributed by atoms with E-state index >= 15 is 0 Å². The van der Waals surface area contributed by atoms with E-state index in [2.05, 4.69) is 32.8 Å². The molecule has 0 radical (unpaired) electrons. The number of benzene rings is 1. The molecular formula is C23H30F3N3O. The standard InChI is InChI=1S/C23H30F3N3O/c1-15(2)13-28(14-16(3)4)22(30)17-9-11-18(12-10-17)29-20-8-6-5-7-19(20)21(27-29)23(24,25)26/h9-12,15-16H,5-8,13-14H2,1-4H3. The Morgan fingerprint density at radius 2 is 1.60 bits per heavy atom. The topological polar surface area (TPSA) is 38.1 Å². The van der Waals surface area contributed by atoms with Crippen LogP contribution >= 0.6 is 0 Å². The lowest BCUT2D eigenvalue weighted by Crippen LogP contribution is -2.37. The van der Waals surface area contributed by atoms with Crippen molar-refractivity contribution in [2.75, 3.05) is 13.1 Å². The molecule has 164 valence electrons. The lowest BCUT2D eigenvalue weighted by Gasteiger charge is -2.26. The molecule has 1 aromatic heterocycles. The minimum absolute atomic E-state index is 0.0533. The van der Waals surface area contributed by atoms with E-state index in [0.717, 1.165) is 12.8 Å². The summed E-state index contributed by atoms with van der Waals surface area (Å²) in [5.74, 6) is 0.647. The van der Waals surface area contributed by atoms with Crippen LogP contribution in [0.3, 0.4) is 0 Å². The number of hydrogen-bond donors (Lipinski definition) is 0. The lowest BCUT2D eigenvalue weighted by molar-refractivity contribution is -0.142. The van der Waals surface area contributed by atoms with Gasteiger partial charge in [-0.3, -0.25) is 4.79 Å². The van der Waals surface area contributed by atoms with Crippen molar-refractivity contribution >= 4 is 5.91 Å². The van der Waals surface area contributed by atoms with Crippen LogP contribution in [0.5, 0.6) is 0 Å². The highest BCUT2D eigenvalue weighted by Gasteiger charge is 2.39. The van der Waals surface area contributed by atoms with Crippen LogP contribution in [-0.4, -0.2) is 33.7 Å². The fraction of sp³-hybridized carbons (Fsp3) is 0.565. The lowest BCUT2D eigenvalue weighted by atomic mass is 9.95. The van der Waals surface area contributed by atoms with E-state index in [0.29, 0.717) is 60.3 Å². The summed E-state index contributed by atoms with van der Waals surface area (Å²) in [5.41, 5.74) is 1.26. The largest absolute Gasteiger partial charge is 0.435 e. The third-order valence-corrected chi connectivity index (χ3v) is 5.27. The van der Waals surface area contributed by atoms with Gasteiger partial charge in [-0.25, -0.2) is 4.68 Å². The Kier molecular flexibility index (Phi) is 6.58. The zero-order valence-corrected chi connectivity index (χ0v) is 18.1. The first kappa shape index (κ1) is 22.4. The maximum absolute atomic E-state index is 13.4. The van der Waals surface area contributed by atoms with Gasteiger partial charge in [-0.2, -0.15) is 18.3 Å². The summed E-state index contributed by atoms with van der Waals surface area (Å²) in [6.45, 7) is 9.62. The number of alkyl halides is 3. The summed E-state index contributed by atoms with van der Waals surface area (Å²) in [4.78, 5) is 14.8. The Hall–Kier alpha value is -2.31. The molecule has 2 aromatic rings. The number of fused-ring (bicyclic) bond motifs is 1. The van der Waals surface area contributed by atoms with E-state index < -0.39 is 11.9 Å². The normalized spacial score (nSPS) is 14.3. The number of carbonyl (C=O) groups excluding carboxylic acids is 1. The molecule has 3 rings (SSSR count). The van der Waals surface area contributed by atoms with Gasteiger partial charge in [-0.05, 0) is 61.8 Å². The van der Waals surface area contributed by atoms with Crippen molar-refractivity contribution < 1.29 is 18.0 Å². The average Bonchev–Trinajstić information content (AvgIpc) is 3.06. The van der Waals surface area contributed by atoms with Crippen molar-refractivity contribution in [2.45, 2.75) is 59.6 Å². The Morgan fingerprint density at radius 3 is 2.13 bits per heavy atom. The fourth-order valence-electron chi connectivity index (χ4n) is 4.09. The van der Waals surface area contributed by atoms with E-state index in [4.69, 9.17) is 0 Å². The quantitative estimate of drug-likeness (QED) is 0.616. The van der Waals surface area contributed by atoms with Gasteiger partial charge in [-0.1, -0.05) is 27.7 Å². The van der Waals surface area contributed by atoms with Crippen LogP contribution in [0.25, 0.3) is 5.69 Å². The van der Waals surface area contributed by atoms with Gasteiger partial charge in [0, 0.05) is 29.9 Å². The highest BCUT2D eigenvalue weighted by molar-refractivity contribution is 5.94. The molecule has 0 unspecified atom stereocenters. The van der Waals surface area contributed by atoms with Crippen LogP contribution in [-0.2, 0) is 19.0 Å². The Balaban J connectivity index is 1.90. The van der Waals surface area contributed by atoms with Gasteiger partial charge in [0.1, 0.15) is 0 Å². The summed E-state index contributed by atoms with van der Waals surface area (Å²) < 4.78 is 41.7. The zero-order valence-electron chi connectivity index (χ0n) is 18.1. The summed E-state index contributed by atoms with van der Waals surface area (Å²) in [5, 5.41) is 3.92. The van der Waals surface area contributed by atoms with Gasteiger partial charge in [0.25, 0.3) is 5.91 Å². The number of amides is 1. The molecule has 1 aliphatic carbocycles. The van der Waals surface area contributed by atoms with Crippen molar-refractivity contribution in [3.8, 4) is 5.69 Å². The molecule has 0 saturated carbocycles. The number of carbonyl (C=O) groups is 1. The highest BCUT2D eigenvalue weighted by atomic mass is 19.4. The predicted molar refractivity (Wildman–Crippen MR) is 111 cm³/mol. The Bertz CT molecular complexity index is 872. The molecule has 0 bridgehead atoms. The molecule has 1 aromatic carbocycles. The Labute approximate surface area is 176 Å². The van der Waals surface area contributed by atoms with Gasteiger partial charge < -0.3 is 4.90 Å². The van der Waals surface area contributed by atoms with Gasteiger partial charge in [0.15, 0.2) is 5.69 Å². The van der Waals surface area contributed by atoms with Gasteiger partial charge in [-0.15, -0.1) is 0 Å². The summed E-state index contributed by atoms with van der Waals surface area (Å²) >= 11 is 0. The van der Waals surface area contributed by atoms with E-state index in [1.54, 1.807) is 24.3 Å². The van der Waals surface area contributed by atoms with Gasteiger partial charge >= 0.3 is 6.18 Å². The molecule has 0 N–H and O–H groups in total. The molecule has 0 fully saturated rings. The van der Waals surface area contributed by atoms with E-state index in [1.807, 2.05) is 4.90 Å². The molecule has 1 amide bonds. The van der Waals surface area contributed by atoms with Crippen LogP contribution in [0, 0.1) is 11.8 Å². The minimum atomic E-state index is -4.46. The van der Waals surface area contributed by atoms with Crippen molar-refractivity contribution in [2.24, 2.45) is 11.8 Å². The number of aromatic nitrogens is 2. The molecule has 30 heavy (non-hydrogen) atoms. The van der Waals surface area contributed by atoms with Crippen LogP contribution < -0.4 is 0 Å². The molecule has 0 spiro atoms. The average molecular weight is 422 g/mol. The molecule has 1 aliphatic rings. The van der Waals surface area contributed by atoms with Crippen LogP contribution in [0.15, 0.2) is 24.3 Å². The summed E-state index contributed by atoms with van der Waals surface area (Å²) in [6.07, 6.45) is -1.88.